The van der Waals surface area contributed by atoms with E-state index in [-0.39, 0.29) is 5.54 Å². The Labute approximate surface area is 272 Å². The summed E-state index contributed by atoms with van der Waals surface area (Å²) < 4.78 is 18.2. The van der Waals surface area contributed by atoms with E-state index in [0.29, 0.717) is 72.3 Å². The molecule has 12 nitrogen and oxygen atoms in total. The number of hydrogen-bond donors (Lipinski definition) is 2. The predicted molar refractivity (Wildman–Crippen MR) is 178 cm³/mol. The molecule has 3 aromatic rings. The lowest BCUT2D eigenvalue weighted by Gasteiger charge is -2.54. The minimum atomic E-state index is -0.0121. The molecular formula is C34H48N8O4. The summed E-state index contributed by atoms with van der Waals surface area (Å²) >= 11 is 0. The van der Waals surface area contributed by atoms with Crippen molar-refractivity contribution in [3.8, 4) is 34.8 Å². The van der Waals surface area contributed by atoms with Crippen LogP contribution in [0.4, 0.5) is 11.5 Å². The molecule has 0 bridgehead atoms. The first-order valence-corrected chi connectivity index (χ1v) is 16.4. The van der Waals surface area contributed by atoms with Gasteiger partial charge in [-0.2, -0.15) is 10.2 Å². The average molecular weight is 633 g/mol. The molecule has 248 valence electrons. The third-order valence-corrected chi connectivity index (χ3v) is 9.67. The Morgan fingerprint density at radius 1 is 1.15 bits per heavy atom. The number of nitrogens with two attached hydrogens (primary N) is 1. The van der Waals surface area contributed by atoms with Crippen LogP contribution in [0.25, 0.3) is 22.8 Å². The number of rotatable bonds is 10. The first-order valence-electron chi connectivity index (χ1n) is 16.4. The number of nitriles is 1. The Bertz CT molecular complexity index is 1530. The van der Waals surface area contributed by atoms with Gasteiger partial charge in [-0.25, -0.2) is 4.98 Å². The van der Waals surface area contributed by atoms with Crippen molar-refractivity contribution in [2.75, 3.05) is 77.8 Å². The summed E-state index contributed by atoms with van der Waals surface area (Å²) in [5.74, 6) is 2.39. The quantitative estimate of drug-likeness (QED) is 0.313. The van der Waals surface area contributed by atoms with Crippen molar-refractivity contribution < 1.29 is 19.1 Å². The number of aryl methyl sites for hydroxylation is 1. The van der Waals surface area contributed by atoms with Gasteiger partial charge < -0.3 is 34.6 Å². The van der Waals surface area contributed by atoms with Crippen LogP contribution in [0.1, 0.15) is 56.2 Å². The van der Waals surface area contributed by atoms with Crippen molar-refractivity contribution in [2.45, 2.75) is 64.0 Å². The fourth-order valence-corrected chi connectivity index (χ4v) is 6.64. The molecule has 6 rings (SSSR count). The number of nitrogens with zero attached hydrogens (tertiary/aromatic N) is 7. The van der Waals surface area contributed by atoms with E-state index in [1.54, 1.807) is 6.07 Å². The average Bonchev–Trinajstić information content (AvgIpc) is 3.68. The molecule has 3 aliphatic heterocycles. The minimum absolute atomic E-state index is 0.0121. The molecule has 1 atom stereocenters. The predicted octanol–water partition coefficient (Wildman–Crippen LogP) is 3.76. The molecule has 2 aromatic heterocycles. The highest BCUT2D eigenvalue weighted by atomic mass is 16.5. The lowest BCUT2D eigenvalue weighted by Crippen LogP contribution is -2.70. The van der Waals surface area contributed by atoms with E-state index in [1.165, 1.54) is 6.42 Å². The van der Waals surface area contributed by atoms with E-state index in [4.69, 9.17) is 34.8 Å². The van der Waals surface area contributed by atoms with E-state index >= 15 is 0 Å². The molecule has 3 N–H and O–H groups in total. The Hall–Kier alpha value is -3.76. The number of likely N-dealkylation sites (N-methyl/N-ethyl adjacent to an activating group) is 2. The number of ether oxygens (including phenoxy) is 2. The Morgan fingerprint density at radius 2 is 1.96 bits per heavy atom. The number of aliphatic hydroxyl groups is 1. The number of benzene rings is 1. The van der Waals surface area contributed by atoms with Crippen molar-refractivity contribution >= 4 is 11.5 Å². The smallest absolute Gasteiger partial charge is 0.219 e. The number of likely N-dealkylation sites (tertiary alicyclic amines) is 1. The number of piperazine rings is 1. The van der Waals surface area contributed by atoms with Crippen LogP contribution in [0.3, 0.4) is 0 Å². The van der Waals surface area contributed by atoms with E-state index in [2.05, 4.69) is 53.9 Å². The zero-order valence-electron chi connectivity index (χ0n) is 27.9. The SMILES string of the molecule is CCCCc1c(-c2nc(OCC3CCCN3C)cc(N3CCN(C)C4(COC4)C3)n2)noc1-c1c(CC)ccc(N)c1C#N.CO. The van der Waals surface area contributed by atoms with E-state index < -0.39 is 0 Å². The second-order valence-electron chi connectivity index (χ2n) is 12.5. The van der Waals surface area contributed by atoms with Gasteiger partial charge in [0.05, 0.1) is 30.0 Å². The highest BCUT2D eigenvalue weighted by Crippen LogP contribution is 2.39. The molecule has 0 radical (unpaired) electrons. The van der Waals surface area contributed by atoms with Crippen LogP contribution in [-0.2, 0) is 17.6 Å². The summed E-state index contributed by atoms with van der Waals surface area (Å²) in [7, 11) is 5.32. The van der Waals surface area contributed by atoms with Crippen molar-refractivity contribution in [3.05, 3.63) is 34.9 Å². The number of hydrogen-bond acceptors (Lipinski definition) is 12. The first-order chi connectivity index (χ1) is 22.4. The summed E-state index contributed by atoms with van der Waals surface area (Å²) in [6, 6.07) is 8.39. The van der Waals surface area contributed by atoms with Crippen molar-refractivity contribution in [3.63, 3.8) is 0 Å². The van der Waals surface area contributed by atoms with Crippen LogP contribution >= 0.6 is 0 Å². The highest BCUT2D eigenvalue weighted by molar-refractivity contribution is 5.81. The van der Waals surface area contributed by atoms with E-state index in [1.807, 2.05) is 12.1 Å². The lowest BCUT2D eigenvalue weighted by molar-refractivity contribution is -0.134. The number of nitrogen functional groups attached to an aromatic ring is 1. The van der Waals surface area contributed by atoms with Gasteiger partial charge in [0.25, 0.3) is 0 Å². The van der Waals surface area contributed by atoms with Crippen LogP contribution in [0.5, 0.6) is 5.88 Å². The molecule has 5 heterocycles. The number of anilines is 2. The molecule has 0 amide bonds. The van der Waals surface area contributed by atoms with E-state index in [0.717, 1.165) is 75.9 Å². The molecule has 1 aromatic carbocycles. The summed E-state index contributed by atoms with van der Waals surface area (Å²) in [5, 5.41) is 21.7. The standard InChI is InChI=1S/C33H44N8O3.CH4O/c1-5-7-10-24-30(38-44-31(24)29-22(6-2)11-12-26(35)25(29)17-34)32-36-27(41-15-14-40(4)33(19-41)20-42-21-33)16-28(37-32)43-18-23-9-8-13-39(23)3;1-2/h11-12,16,23H,5-10,13-15,18-21,35H2,1-4H3;2H,1H3. The fourth-order valence-electron chi connectivity index (χ4n) is 6.64. The molecule has 0 saturated carbocycles. The maximum Gasteiger partial charge on any atom is 0.219 e. The topological polar surface area (TPSA) is 150 Å². The maximum absolute atomic E-state index is 10.1. The van der Waals surface area contributed by atoms with Crippen LogP contribution in [-0.4, -0.2) is 109 Å². The molecule has 46 heavy (non-hydrogen) atoms. The molecule has 1 unspecified atom stereocenters. The summed E-state index contributed by atoms with van der Waals surface area (Å²) in [6.07, 6.45) is 5.62. The molecule has 1 spiro atoms. The van der Waals surface area contributed by atoms with Crippen molar-refractivity contribution in [2.24, 2.45) is 0 Å². The molecular weight excluding hydrogens is 584 g/mol. The molecule has 3 saturated heterocycles. The fraction of sp³-hybridized carbons (Fsp3) is 0.588. The maximum atomic E-state index is 10.1. The Morgan fingerprint density at radius 3 is 2.61 bits per heavy atom. The Kier molecular flexibility index (Phi) is 10.8. The summed E-state index contributed by atoms with van der Waals surface area (Å²) in [4.78, 5) is 17.1. The molecule has 3 fully saturated rings. The third kappa shape index (κ3) is 6.55. The lowest BCUT2D eigenvalue weighted by atomic mass is 9.92. The first kappa shape index (κ1) is 33.6. The third-order valence-electron chi connectivity index (χ3n) is 9.67. The van der Waals surface area contributed by atoms with Crippen LogP contribution in [0, 0.1) is 11.3 Å². The van der Waals surface area contributed by atoms with Gasteiger partial charge in [0.15, 0.2) is 17.3 Å². The zero-order chi connectivity index (χ0) is 32.8. The largest absolute Gasteiger partial charge is 0.476 e. The second kappa shape index (κ2) is 14.8. The number of unbranched alkanes of at least 4 members (excludes halogenated alkanes) is 1. The second-order valence-corrected chi connectivity index (χ2v) is 12.5. The normalized spacial score (nSPS) is 19.4. The van der Waals surface area contributed by atoms with Crippen LogP contribution < -0.4 is 15.4 Å². The van der Waals surface area contributed by atoms with Gasteiger partial charge in [-0.15, -0.1) is 0 Å². The Balaban J connectivity index is 0.00000204. The van der Waals surface area contributed by atoms with Crippen molar-refractivity contribution in [1.82, 2.24) is 24.9 Å². The van der Waals surface area contributed by atoms with Crippen molar-refractivity contribution in [1.29, 1.82) is 5.26 Å². The molecule has 0 aliphatic carbocycles. The van der Waals surface area contributed by atoms with Gasteiger partial charge in [0.1, 0.15) is 18.5 Å². The van der Waals surface area contributed by atoms with Gasteiger partial charge in [0, 0.05) is 50.0 Å². The minimum Gasteiger partial charge on any atom is -0.476 e. The monoisotopic (exact) mass is 632 g/mol. The van der Waals surface area contributed by atoms with Gasteiger partial charge in [-0.1, -0.05) is 31.5 Å². The number of aromatic nitrogens is 3. The summed E-state index contributed by atoms with van der Waals surface area (Å²) in [6.45, 7) is 9.84. The van der Waals surface area contributed by atoms with E-state index in [9.17, 15) is 5.26 Å². The van der Waals surface area contributed by atoms with Crippen LogP contribution in [0.2, 0.25) is 0 Å². The van der Waals surface area contributed by atoms with Gasteiger partial charge in [-0.3, -0.25) is 4.90 Å². The molecule has 12 heteroatoms. The molecule has 3 aliphatic rings. The van der Waals surface area contributed by atoms with Gasteiger partial charge in [0.2, 0.25) is 5.88 Å². The number of aliphatic hydroxyl groups excluding tert-OH is 1. The summed E-state index contributed by atoms with van der Waals surface area (Å²) in [5.41, 5.74) is 10.3. The zero-order valence-corrected chi connectivity index (χ0v) is 27.9. The van der Waals surface area contributed by atoms with Gasteiger partial charge >= 0.3 is 0 Å². The van der Waals surface area contributed by atoms with Crippen LogP contribution in [0.15, 0.2) is 22.7 Å². The van der Waals surface area contributed by atoms with Gasteiger partial charge in [-0.05, 0) is 64.4 Å². The highest BCUT2D eigenvalue weighted by Gasteiger charge is 2.46.